The van der Waals surface area contributed by atoms with Gasteiger partial charge in [0.05, 0.1) is 14.8 Å². The van der Waals surface area contributed by atoms with Crippen LogP contribution in [-0.4, -0.2) is 31.1 Å². The highest BCUT2D eigenvalue weighted by atomic mass is 79.9. The van der Waals surface area contributed by atoms with Crippen molar-refractivity contribution in [1.82, 2.24) is 10.9 Å². The van der Waals surface area contributed by atoms with Gasteiger partial charge in [0, 0.05) is 12.2 Å². The molecule has 2 N–H and O–H groups in total. The highest BCUT2D eigenvalue weighted by molar-refractivity contribution is 9.11. The first-order valence-corrected chi connectivity index (χ1v) is 9.43. The van der Waals surface area contributed by atoms with Gasteiger partial charge in [-0.25, -0.2) is 0 Å². The first-order chi connectivity index (χ1) is 12.1. The van der Waals surface area contributed by atoms with Crippen molar-refractivity contribution in [2.75, 3.05) is 13.2 Å². The van der Waals surface area contributed by atoms with Gasteiger partial charge in [-0.3, -0.25) is 20.4 Å². The minimum atomic E-state index is -0.394. The summed E-state index contributed by atoms with van der Waals surface area (Å²) in [6.45, 7) is 1.30. The Bertz CT molecular complexity index is 741. The van der Waals surface area contributed by atoms with E-state index in [-0.39, 0.29) is 12.0 Å². The van der Waals surface area contributed by atoms with Crippen LogP contribution in [0.25, 0.3) is 0 Å². The van der Waals surface area contributed by atoms with E-state index in [0.717, 1.165) is 23.2 Å². The normalized spacial score (nSPS) is 16.4. The van der Waals surface area contributed by atoms with Gasteiger partial charge in [0.2, 0.25) is 0 Å². The van der Waals surface area contributed by atoms with Crippen molar-refractivity contribution in [3.05, 3.63) is 50.6 Å². The molecule has 0 radical (unpaired) electrons. The molecule has 1 saturated heterocycles. The van der Waals surface area contributed by atoms with Crippen LogP contribution < -0.4 is 15.6 Å². The molecular formula is C17H17BrN2O4S. The van der Waals surface area contributed by atoms with Crippen molar-refractivity contribution in [2.24, 2.45) is 0 Å². The summed E-state index contributed by atoms with van der Waals surface area (Å²) >= 11 is 4.58. The van der Waals surface area contributed by atoms with Gasteiger partial charge >= 0.3 is 0 Å². The summed E-state index contributed by atoms with van der Waals surface area (Å²) in [6, 6.07) is 10.2. The van der Waals surface area contributed by atoms with E-state index in [0.29, 0.717) is 22.8 Å². The van der Waals surface area contributed by atoms with Crippen LogP contribution in [0.4, 0.5) is 0 Å². The molecule has 1 atom stereocenters. The smallest absolute Gasteiger partial charge is 0.279 e. The summed E-state index contributed by atoms with van der Waals surface area (Å²) in [6.07, 6.45) is 2.23. The van der Waals surface area contributed by atoms with E-state index < -0.39 is 5.91 Å². The fourth-order valence-electron chi connectivity index (χ4n) is 2.35. The molecule has 2 amide bonds. The molecule has 8 heteroatoms. The Balaban J connectivity index is 1.47. The average Bonchev–Trinajstić information content (AvgIpc) is 3.29. The second-order valence-corrected chi connectivity index (χ2v) is 7.95. The number of amides is 2. The van der Waals surface area contributed by atoms with E-state index in [2.05, 4.69) is 26.8 Å². The van der Waals surface area contributed by atoms with Gasteiger partial charge in [0.1, 0.15) is 12.4 Å². The molecule has 1 unspecified atom stereocenters. The number of halogens is 1. The minimum absolute atomic E-state index is 0.149. The Morgan fingerprint density at radius 3 is 2.56 bits per heavy atom. The van der Waals surface area contributed by atoms with Crippen molar-refractivity contribution >= 4 is 39.1 Å². The number of hydrogen-bond donors (Lipinski definition) is 2. The van der Waals surface area contributed by atoms with Gasteiger partial charge < -0.3 is 9.47 Å². The lowest BCUT2D eigenvalue weighted by Crippen LogP contribution is -2.41. The van der Waals surface area contributed by atoms with Gasteiger partial charge in [-0.1, -0.05) is 0 Å². The Hall–Kier alpha value is -1.90. The molecule has 3 rings (SSSR count). The first-order valence-electron chi connectivity index (χ1n) is 7.82. The second kappa shape index (κ2) is 8.46. The van der Waals surface area contributed by atoms with Gasteiger partial charge in [0.25, 0.3) is 11.8 Å². The Kier molecular flexibility index (Phi) is 6.06. The molecule has 1 aromatic heterocycles. The lowest BCUT2D eigenvalue weighted by molar-refractivity contribution is 0.0679. The van der Waals surface area contributed by atoms with E-state index >= 15 is 0 Å². The van der Waals surface area contributed by atoms with Gasteiger partial charge in [-0.05, 0) is 65.2 Å². The third kappa shape index (κ3) is 5.04. The molecule has 1 aliphatic heterocycles. The third-order valence-electron chi connectivity index (χ3n) is 3.66. The fourth-order valence-corrected chi connectivity index (χ4v) is 3.63. The quantitative estimate of drug-likeness (QED) is 0.722. The van der Waals surface area contributed by atoms with Gasteiger partial charge in [-0.2, -0.15) is 0 Å². The van der Waals surface area contributed by atoms with Gasteiger partial charge in [0.15, 0.2) is 0 Å². The average molecular weight is 425 g/mol. The number of thiophene rings is 1. The number of benzene rings is 1. The van der Waals surface area contributed by atoms with E-state index in [1.54, 1.807) is 36.4 Å². The largest absolute Gasteiger partial charge is 0.491 e. The molecule has 2 heterocycles. The summed E-state index contributed by atoms with van der Waals surface area (Å²) in [7, 11) is 0. The molecule has 1 aliphatic rings. The summed E-state index contributed by atoms with van der Waals surface area (Å²) in [4.78, 5) is 24.5. The molecule has 2 aromatic rings. The highest BCUT2D eigenvalue weighted by Gasteiger charge is 2.16. The lowest BCUT2D eigenvalue weighted by Gasteiger charge is -2.12. The number of carbonyl (C=O) groups is 2. The van der Waals surface area contributed by atoms with E-state index in [9.17, 15) is 9.59 Å². The van der Waals surface area contributed by atoms with Crippen LogP contribution in [0.3, 0.4) is 0 Å². The summed E-state index contributed by atoms with van der Waals surface area (Å²) in [5, 5.41) is 0. The molecule has 0 saturated carbocycles. The molecule has 25 heavy (non-hydrogen) atoms. The van der Waals surface area contributed by atoms with Crippen molar-refractivity contribution in [2.45, 2.75) is 18.9 Å². The zero-order valence-corrected chi connectivity index (χ0v) is 15.7. The maximum atomic E-state index is 12.1. The fraction of sp³-hybridized carbons (Fsp3) is 0.294. The van der Waals surface area contributed by atoms with Crippen LogP contribution >= 0.6 is 27.3 Å². The number of rotatable bonds is 5. The maximum Gasteiger partial charge on any atom is 0.279 e. The summed E-state index contributed by atoms with van der Waals surface area (Å²) < 4.78 is 12.0. The Labute approximate surface area is 157 Å². The molecule has 1 fully saturated rings. The topological polar surface area (TPSA) is 76.7 Å². The van der Waals surface area contributed by atoms with Crippen LogP contribution in [0.15, 0.2) is 40.2 Å². The number of hydrogen-bond acceptors (Lipinski definition) is 5. The highest BCUT2D eigenvalue weighted by Crippen LogP contribution is 2.21. The molecule has 6 nitrogen and oxygen atoms in total. The van der Waals surface area contributed by atoms with E-state index in [1.807, 2.05) is 0 Å². The molecule has 132 valence electrons. The molecular weight excluding hydrogens is 408 g/mol. The zero-order chi connectivity index (χ0) is 17.6. The molecule has 0 spiro atoms. The number of hydrazine groups is 1. The summed E-state index contributed by atoms with van der Waals surface area (Å²) in [5.41, 5.74) is 5.21. The predicted octanol–water partition coefficient (Wildman–Crippen LogP) is 3.14. The first kappa shape index (κ1) is 17.9. The maximum absolute atomic E-state index is 12.1. The monoisotopic (exact) mass is 424 g/mol. The Morgan fingerprint density at radius 2 is 1.92 bits per heavy atom. The SMILES string of the molecule is O=C(NNC(=O)c1ccc(Br)s1)c1ccc(OCC2CCCO2)cc1. The van der Waals surface area contributed by atoms with Crippen molar-refractivity contribution in [3.63, 3.8) is 0 Å². The Morgan fingerprint density at radius 1 is 1.16 bits per heavy atom. The number of nitrogens with one attached hydrogen (secondary N) is 2. The minimum Gasteiger partial charge on any atom is -0.491 e. The lowest BCUT2D eigenvalue weighted by atomic mass is 10.2. The van der Waals surface area contributed by atoms with Crippen molar-refractivity contribution in [1.29, 1.82) is 0 Å². The standard InChI is InChI=1S/C17H17BrN2O4S/c18-15-8-7-14(25-15)17(22)20-19-16(21)11-3-5-12(6-4-11)24-10-13-2-1-9-23-13/h3-8,13H,1-2,9-10H2,(H,19,21)(H,20,22). The van der Waals surface area contributed by atoms with Crippen LogP contribution in [0, 0.1) is 0 Å². The number of ether oxygens (including phenoxy) is 2. The number of carbonyl (C=O) groups excluding carboxylic acids is 2. The van der Waals surface area contributed by atoms with Crippen LogP contribution in [0.2, 0.25) is 0 Å². The predicted molar refractivity (Wildman–Crippen MR) is 97.9 cm³/mol. The van der Waals surface area contributed by atoms with Crippen molar-refractivity contribution < 1.29 is 19.1 Å². The van der Waals surface area contributed by atoms with Crippen LogP contribution in [0.5, 0.6) is 5.75 Å². The van der Waals surface area contributed by atoms with E-state index in [1.165, 1.54) is 11.3 Å². The molecule has 0 bridgehead atoms. The molecule has 1 aromatic carbocycles. The zero-order valence-electron chi connectivity index (χ0n) is 13.3. The van der Waals surface area contributed by atoms with Crippen LogP contribution in [0.1, 0.15) is 32.9 Å². The second-order valence-electron chi connectivity index (χ2n) is 5.48. The van der Waals surface area contributed by atoms with Crippen LogP contribution in [-0.2, 0) is 4.74 Å². The van der Waals surface area contributed by atoms with Gasteiger partial charge in [-0.15, -0.1) is 11.3 Å². The molecule has 0 aliphatic carbocycles. The van der Waals surface area contributed by atoms with E-state index in [4.69, 9.17) is 9.47 Å². The van der Waals surface area contributed by atoms with Crippen molar-refractivity contribution in [3.8, 4) is 5.75 Å². The summed E-state index contributed by atoms with van der Waals surface area (Å²) in [5.74, 6) is -0.0743. The third-order valence-corrected chi connectivity index (χ3v) is 5.29.